The smallest absolute Gasteiger partial charge is 0.135 e. The third-order valence-corrected chi connectivity index (χ3v) is 6.82. The van der Waals surface area contributed by atoms with Gasteiger partial charge in [-0.15, -0.1) is 0 Å². The molecule has 2 heteroatoms. The Kier molecular flexibility index (Phi) is 4.82. The molecule has 170 valence electrons. The normalized spacial score (nSPS) is 11.3. The van der Waals surface area contributed by atoms with Gasteiger partial charge >= 0.3 is 0 Å². The van der Waals surface area contributed by atoms with E-state index in [-0.39, 0.29) is 0 Å². The third-order valence-electron chi connectivity index (χ3n) is 6.82. The maximum atomic E-state index is 6.13. The number of fused-ring (bicyclic) bond motifs is 4. The van der Waals surface area contributed by atoms with E-state index in [0.29, 0.717) is 0 Å². The first-order valence-electron chi connectivity index (χ1n) is 12.2. The molecule has 0 atom stereocenters. The van der Waals surface area contributed by atoms with Crippen LogP contribution in [0.4, 0.5) is 17.1 Å². The molecule has 6 aromatic carbocycles. The maximum absolute atomic E-state index is 6.13. The first-order chi connectivity index (χ1) is 17.8. The van der Waals surface area contributed by atoms with Crippen LogP contribution in [0.2, 0.25) is 0 Å². The molecular formula is C34H23NO. The number of benzene rings is 6. The topological polar surface area (TPSA) is 16.4 Å². The summed E-state index contributed by atoms with van der Waals surface area (Å²) >= 11 is 0. The molecular weight excluding hydrogens is 438 g/mol. The molecule has 2 nitrogen and oxygen atoms in total. The van der Waals surface area contributed by atoms with Crippen LogP contribution in [-0.4, -0.2) is 0 Å². The van der Waals surface area contributed by atoms with Gasteiger partial charge in [0.1, 0.15) is 11.2 Å². The predicted molar refractivity (Wildman–Crippen MR) is 151 cm³/mol. The van der Waals surface area contributed by atoms with Crippen molar-refractivity contribution >= 4 is 49.8 Å². The van der Waals surface area contributed by atoms with Crippen molar-refractivity contribution in [3.05, 3.63) is 140 Å². The van der Waals surface area contributed by atoms with Gasteiger partial charge in [0, 0.05) is 27.7 Å². The van der Waals surface area contributed by atoms with Crippen LogP contribution in [0.5, 0.6) is 0 Å². The number of para-hydroxylation sites is 2. The second-order valence-corrected chi connectivity index (χ2v) is 9.03. The van der Waals surface area contributed by atoms with Gasteiger partial charge in [-0.2, -0.15) is 0 Å². The highest BCUT2D eigenvalue weighted by atomic mass is 16.3. The summed E-state index contributed by atoms with van der Waals surface area (Å²) in [5.74, 6) is 0. The largest absolute Gasteiger partial charge is 0.456 e. The molecule has 0 aliphatic rings. The molecule has 0 bridgehead atoms. The minimum atomic E-state index is 0.898. The van der Waals surface area contributed by atoms with Crippen LogP contribution in [0.25, 0.3) is 43.8 Å². The highest BCUT2D eigenvalue weighted by molar-refractivity contribution is 6.07. The van der Waals surface area contributed by atoms with E-state index in [9.17, 15) is 0 Å². The van der Waals surface area contributed by atoms with Crippen molar-refractivity contribution in [3.8, 4) is 11.1 Å². The van der Waals surface area contributed by atoms with E-state index < -0.39 is 0 Å². The Bertz CT molecular complexity index is 1830. The zero-order valence-electron chi connectivity index (χ0n) is 19.6. The summed E-state index contributed by atoms with van der Waals surface area (Å²) in [6, 6.07) is 49.1. The van der Waals surface area contributed by atoms with Crippen molar-refractivity contribution in [2.24, 2.45) is 0 Å². The summed E-state index contributed by atoms with van der Waals surface area (Å²) in [4.78, 5) is 2.36. The lowest BCUT2D eigenvalue weighted by molar-refractivity contribution is 0.669. The van der Waals surface area contributed by atoms with Gasteiger partial charge in [0.05, 0.1) is 5.69 Å². The Hall–Kier alpha value is -4.82. The number of rotatable bonds is 4. The van der Waals surface area contributed by atoms with Crippen molar-refractivity contribution in [2.75, 3.05) is 4.90 Å². The van der Waals surface area contributed by atoms with Gasteiger partial charge in [0.25, 0.3) is 0 Å². The van der Waals surface area contributed by atoms with E-state index in [1.165, 1.54) is 21.9 Å². The number of hydrogen-bond acceptors (Lipinski definition) is 2. The zero-order valence-corrected chi connectivity index (χ0v) is 19.6. The molecule has 36 heavy (non-hydrogen) atoms. The predicted octanol–water partition coefficient (Wildman–Crippen LogP) is 9.88. The highest BCUT2D eigenvalue weighted by Gasteiger charge is 2.19. The van der Waals surface area contributed by atoms with Crippen molar-refractivity contribution in [2.45, 2.75) is 0 Å². The lowest BCUT2D eigenvalue weighted by Crippen LogP contribution is -2.11. The van der Waals surface area contributed by atoms with E-state index in [4.69, 9.17) is 4.42 Å². The van der Waals surface area contributed by atoms with E-state index in [1.807, 2.05) is 12.1 Å². The number of furan rings is 1. The molecule has 0 aliphatic carbocycles. The fraction of sp³-hybridized carbons (Fsp3) is 0. The van der Waals surface area contributed by atoms with Crippen molar-refractivity contribution in [1.29, 1.82) is 0 Å². The Morgan fingerprint density at radius 1 is 0.444 bits per heavy atom. The Balaban J connectivity index is 1.54. The monoisotopic (exact) mass is 461 g/mol. The molecule has 0 spiro atoms. The van der Waals surface area contributed by atoms with Gasteiger partial charge in [-0.1, -0.05) is 91.0 Å². The minimum Gasteiger partial charge on any atom is -0.456 e. The summed E-state index contributed by atoms with van der Waals surface area (Å²) in [5, 5.41) is 4.68. The second-order valence-electron chi connectivity index (χ2n) is 9.03. The minimum absolute atomic E-state index is 0.898. The SMILES string of the molecule is c1ccc(-c2cc3ccccc3cc2N(c2ccccc2)c2ccc3oc4ccccc4c3c2)cc1. The van der Waals surface area contributed by atoms with Crippen molar-refractivity contribution in [1.82, 2.24) is 0 Å². The average molecular weight is 462 g/mol. The van der Waals surface area contributed by atoms with E-state index in [1.54, 1.807) is 0 Å². The van der Waals surface area contributed by atoms with Gasteiger partial charge in [0.2, 0.25) is 0 Å². The standard InChI is InChI=1S/C34H23NO/c1-3-11-24(12-4-1)30-21-25-13-7-8-14-26(25)22-32(30)35(27-15-5-2-6-16-27)28-19-20-34-31(23-28)29-17-9-10-18-33(29)36-34/h1-23H. The lowest BCUT2D eigenvalue weighted by atomic mass is 9.97. The lowest BCUT2D eigenvalue weighted by Gasteiger charge is -2.28. The van der Waals surface area contributed by atoms with Gasteiger partial charge in [0.15, 0.2) is 0 Å². The zero-order chi connectivity index (χ0) is 23.9. The van der Waals surface area contributed by atoms with Gasteiger partial charge in [-0.05, 0) is 64.9 Å². The Morgan fingerprint density at radius 3 is 1.89 bits per heavy atom. The molecule has 7 rings (SSSR count). The summed E-state index contributed by atoms with van der Waals surface area (Å²) in [6.07, 6.45) is 0. The fourth-order valence-electron chi connectivity index (χ4n) is 5.12. The van der Waals surface area contributed by atoms with Crippen molar-refractivity contribution < 1.29 is 4.42 Å². The van der Waals surface area contributed by atoms with Crippen molar-refractivity contribution in [3.63, 3.8) is 0 Å². The van der Waals surface area contributed by atoms with Crippen LogP contribution < -0.4 is 4.90 Å². The number of nitrogens with zero attached hydrogens (tertiary/aromatic N) is 1. The molecule has 0 radical (unpaired) electrons. The van der Waals surface area contributed by atoms with E-state index in [2.05, 4.69) is 132 Å². The first-order valence-corrected chi connectivity index (χ1v) is 12.2. The molecule has 0 saturated carbocycles. The number of hydrogen-bond donors (Lipinski definition) is 0. The van der Waals surface area contributed by atoms with Crippen LogP contribution in [-0.2, 0) is 0 Å². The second kappa shape index (κ2) is 8.44. The summed E-state index contributed by atoms with van der Waals surface area (Å²) in [6.45, 7) is 0. The first kappa shape index (κ1) is 20.5. The molecule has 0 N–H and O–H groups in total. The number of anilines is 3. The average Bonchev–Trinajstić information content (AvgIpc) is 3.32. The molecule has 1 aromatic heterocycles. The molecule has 0 unspecified atom stereocenters. The molecule has 0 saturated heterocycles. The third kappa shape index (κ3) is 3.43. The van der Waals surface area contributed by atoms with Crippen LogP contribution in [0.3, 0.4) is 0 Å². The highest BCUT2D eigenvalue weighted by Crippen LogP contribution is 2.44. The molecule has 1 heterocycles. The van der Waals surface area contributed by atoms with Gasteiger partial charge in [-0.3, -0.25) is 0 Å². The van der Waals surface area contributed by atoms with Gasteiger partial charge < -0.3 is 9.32 Å². The summed E-state index contributed by atoms with van der Waals surface area (Å²) < 4.78 is 6.13. The summed E-state index contributed by atoms with van der Waals surface area (Å²) in [5.41, 5.74) is 7.52. The summed E-state index contributed by atoms with van der Waals surface area (Å²) in [7, 11) is 0. The Labute approximate surface area is 209 Å². The van der Waals surface area contributed by atoms with Crippen LogP contribution in [0.15, 0.2) is 144 Å². The van der Waals surface area contributed by atoms with Crippen LogP contribution in [0, 0.1) is 0 Å². The van der Waals surface area contributed by atoms with E-state index in [0.717, 1.165) is 39.0 Å². The molecule has 0 aliphatic heterocycles. The Morgan fingerprint density at radius 2 is 1.08 bits per heavy atom. The maximum Gasteiger partial charge on any atom is 0.135 e. The van der Waals surface area contributed by atoms with Crippen LogP contribution in [0.1, 0.15) is 0 Å². The van der Waals surface area contributed by atoms with Gasteiger partial charge in [-0.25, -0.2) is 0 Å². The quantitative estimate of drug-likeness (QED) is 0.259. The van der Waals surface area contributed by atoms with Crippen LogP contribution >= 0.6 is 0 Å². The fourth-order valence-corrected chi connectivity index (χ4v) is 5.12. The van der Waals surface area contributed by atoms with E-state index >= 15 is 0 Å². The molecule has 7 aromatic rings. The molecule has 0 fully saturated rings. The molecule has 0 amide bonds.